The summed E-state index contributed by atoms with van der Waals surface area (Å²) in [6.45, 7) is 3.41. The zero-order valence-electron chi connectivity index (χ0n) is 9.19. The van der Waals surface area contributed by atoms with Gasteiger partial charge >= 0.3 is 0 Å². The molecule has 0 amide bonds. The van der Waals surface area contributed by atoms with Crippen molar-refractivity contribution < 1.29 is 0 Å². The summed E-state index contributed by atoms with van der Waals surface area (Å²) in [4.78, 5) is 10.4. The van der Waals surface area contributed by atoms with E-state index in [1.165, 1.54) is 12.8 Å². The molecule has 1 aliphatic rings. The van der Waals surface area contributed by atoms with E-state index in [2.05, 4.69) is 27.2 Å². The van der Waals surface area contributed by atoms with Crippen LogP contribution in [0.5, 0.6) is 0 Å². The lowest BCUT2D eigenvalue weighted by Crippen LogP contribution is -2.34. The molecule has 1 saturated heterocycles. The van der Waals surface area contributed by atoms with Gasteiger partial charge in [-0.1, -0.05) is 0 Å². The first-order valence-corrected chi connectivity index (χ1v) is 5.54. The molecule has 1 fully saturated rings. The molecule has 1 aliphatic heterocycles. The molecular weight excluding hydrogens is 188 g/mol. The van der Waals surface area contributed by atoms with Crippen LogP contribution in [0.1, 0.15) is 12.8 Å². The summed E-state index contributed by atoms with van der Waals surface area (Å²) in [6, 6.07) is 1.96. The van der Waals surface area contributed by atoms with Crippen LogP contribution in [0.2, 0.25) is 0 Å². The van der Waals surface area contributed by atoms with E-state index in [4.69, 9.17) is 0 Å². The van der Waals surface area contributed by atoms with Crippen LogP contribution in [0.4, 0.5) is 5.82 Å². The molecule has 0 unspecified atom stereocenters. The maximum absolute atomic E-state index is 4.24. The maximum Gasteiger partial charge on any atom is 0.131 e. The van der Waals surface area contributed by atoms with Crippen LogP contribution in [0.25, 0.3) is 0 Å². The number of anilines is 1. The average molecular weight is 206 g/mol. The molecule has 4 nitrogen and oxygen atoms in total. The summed E-state index contributed by atoms with van der Waals surface area (Å²) < 4.78 is 0. The lowest BCUT2D eigenvalue weighted by molar-refractivity contribution is 0.377. The monoisotopic (exact) mass is 206 g/mol. The predicted octanol–water partition coefficient (Wildman–Crippen LogP) is 0.912. The van der Waals surface area contributed by atoms with Gasteiger partial charge < -0.3 is 10.2 Å². The highest BCUT2D eigenvalue weighted by Crippen LogP contribution is 2.15. The Morgan fingerprint density at radius 2 is 2.27 bits per heavy atom. The SMILES string of the molecule is CN(CC1CCNCC1)c1ccncn1. The van der Waals surface area contributed by atoms with E-state index in [1.807, 2.05) is 6.07 Å². The molecule has 0 radical (unpaired) electrons. The number of hydrogen-bond donors (Lipinski definition) is 1. The summed E-state index contributed by atoms with van der Waals surface area (Å²) in [7, 11) is 2.10. The Morgan fingerprint density at radius 1 is 1.47 bits per heavy atom. The van der Waals surface area contributed by atoms with Crippen LogP contribution in [-0.2, 0) is 0 Å². The fourth-order valence-corrected chi connectivity index (χ4v) is 2.05. The number of nitrogens with zero attached hydrogens (tertiary/aromatic N) is 3. The van der Waals surface area contributed by atoms with E-state index >= 15 is 0 Å². The third kappa shape index (κ3) is 2.89. The smallest absolute Gasteiger partial charge is 0.131 e. The minimum Gasteiger partial charge on any atom is -0.359 e. The third-order valence-electron chi connectivity index (χ3n) is 2.95. The second-order valence-electron chi connectivity index (χ2n) is 4.14. The van der Waals surface area contributed by atoms with Gasteiger partial charge in [-0.2, -0.15) is 0 Å². The molecule has 0 aromatic carbocycles. The zero-order valence-corrected chi connectivity index (χ0v) is 9.19. The number of rotatable bonds is 3. The van der Waals surface area contributed by atoms with Crippen molar-refractivity contribution in [1.29, 1.82) is 0 Å². The van der Waals surface area contributed by atoms with Crippen LogP contribution in [0.15, 0.2) is 18.6 Å². The van der Waals surface area contributed by atoms with Crippen molar-refractivity contribution in [2.24, 2.45) is 5.92 Å². The first-order chi connectivity index (χ1) is 7.36. The Labute approximate surface area is 90.7 Å². The van der Waals surface area contributed by atoms with Gasteiger partial charge in [0.05, 0.1) is 0 Å². The molecule has 0 spiro atoms. The summed E-state index contributed by atoms with van der Waals surface area (Å²) >= 11 is 0. The summed E-state index contributed by atoms with van der Waals surface area (Å²) in [5, 5.41) is 3.38. The molecule has 0 aliphatic carbocycles. The van der Waals surface area contributed by atoms with Crippen LogP contribution in [-0.4, -0.2) is 36.6 Å². The maximum atomic E-state index is 4.24. The van der Waals surface area contributed by atoms with Gasteiger partial charge in [0.15, 0.2) is 0 Å². The predicted molar refractivity (Wildman–Crippen MR) is 60.9 cm³/mol. The van der Waals surface area contributed by atoms with Crippen molar-refractivity contribution >= 4 is 5.82 Å². The average Bonchev–Trinajstić information content (AvgIpc) is 2.31. The van der Waals surface area contributed by atoms with Gasteiger partial charge in [0.1, 0.15) is 12.1 Å². The van der Waals surface area contributed by atoms with Crippen LogP contribution in [0.3, 0.4) is 0 Å². The number of nitrogens with one attached hydrogen (secondary N) is 1. The summed E-state index contributed by atoms with van der Waals surface area (Å²) in [5.74, 6) is 1.81. The Bertz CT molecular complexity index is 282. The minimum atomic E-state index is 0.797. The fourth-order valence-electron chi connectivity index (χ4n) is 2.05. The summed E-state index contributed by atoms with van der Waals surface area (Å²) in [5.41, 5.74) is 0. The molecule has 15 heavy (non-hydrogen) atoms. The van der Waals surface area contributed by atoms with Gasteiger partial charge in [-0.15, -0.1) is 0 Å². The second-order valence-corrected chi connectivity index (χ2v) is 4.14. The van der Waals surface area contributed by atoms with Crippen LogP contribution >= 0.6 is 0 Å². The van der Waals surface area contributed by atoms with Crippen LogP contribution < -0.4 is 10.2 Å². The molecule has 0 bridgehead atoms. The Balaban J connectivity index is 1.88. The summed E-state index contributed by atoms with van der Waals surface area (Å²) in [6.07, 6.45) is 5.94. The fraction of sp³-hybridized carbons (Fsp3) is 0.636. The highest BCUT2D eigenvalue weighted by molar-refractivity contribution is 5.34. The zero-order chi connectivity index (χ0) is 10.5. The minimum absolute atomic E-state index is 0.797. The molecule has 2 heterocycles. The number of aromatic nitrogens is 2. The topological polar surface area (TPSA) is 41.0 Å². The quantitative estimate of drug-likeness (QED) is 0.798. The third-order valence-corrected chi connectivity index (χ3v) is 2.95. The molecule has 4 heteroatoms. The Morgan fingerprint density at radius 3 is 2.93 bits per heavy atom. The van der Waals surface area contributed by atoms with E-state index in [0.717, 1.165) is 31.4 Å². The van der Waals surface area contributed by atoms with Crippen molar-refractivity contribution in [2.75, 3.05) is 31.6 Å². The first kappa shape index (κ1) is 10.4. The molecule has 2 rings (SSSR count). The van der Waals surface area contributed by atoms with E-state index in [0.29, 0.717) is 0 Å². The second kappa shape index (κ2) is 5.07. The van der Waals surface area contributed by atoms with Crippen molar-refractivity contribution in [1.82, 2.24) is 15.3 Å². The van der Waals surface area contributed by atoms with Crippen LogP contribution in [0, 0.1) is 5.92 Å². The number of hydrogen-bond acceptors (Lipinski definition) is 4. The van der Waals surface area contributed by atoms with Crippen molar-refractivity contribution in [2.45, 2.75) is 12.8 Å². The molecule has 82 valence electrons. The van der Waals surface area contributed by atoms with Gasteiger partial charge in [-0.3, -0.25) is 0 Å². The van der Waals surface area contributed by atoms with Gasteiger partial charge in [0.25, 0.3) is 0 Å². The van der Waals surface area contributed by atoms with Gasteiger partial charge in [-0.05, 0) is 37.9 Å². The lowest BCUT2D eigenvalue weighted by atomic mass is 9.98. The standard InChI is InChI=1S/C11H18N4/c1-15(11-4-7-13-9-14-11)8-10-2-5-12-6-3-10/h4,7,9-10,12H,2-3,5-6,8H2,1H3. The van der Waals surface area contributed by atoms with Gasteiger partial charge in [0.2, 0.25) is 0 Å². The molecule has 0 atom stereocenters. The molecule has 1 aromatic heterocycles. The largest absolute Gasteiger partial charge is 0.359 e. The molecule has 0 saturated carbocycles. The first-order valence-electron chi connectivity index (χ1n) is 5.54. The van der Waals surface area contributed by atoms with Gasteiger partial charge in [0, 0.05) is 19.8 Å². The van der Waals surface area contributed by atoms with Gasteiger partial charge in [-0.25, -0.2) is 9.97 Å². The Hall–Kier alpha value is -1.16. The molecular formula is C11H18N4. The Kier molecular flexibility index (Phi) is 3.50. The van der Waals surface area contributed by atoms with E-state index in [1.54, 1.807) is 12.5 Å². The normalized spacial score (nSPS) is 17.7. The highest BCUT2D eigenvalue weighted by Gasteiger charge is 2.15. The molecule has 1 N–H and O–H groups in total. The molecule has 1 aromatic rings. The highest BCUT2D eigenvalue weighted by atomic mass is 15.2. The van der Waals surface area contributed by atoms with E-state index in [9.17, 15) is 0 Å². The van der Waals surface area contributed by atoms with Crippen molar-refractivity contribution in [3.05, 3.63) is 18.6 Å². The van der Waals surface area contributed by atoms with E-state index in [-0.39, 0.29) is 0 Å². The lowest BCUT2D eigenvalue weighted by Gasteiger charge is -2.27. The van der Waals surface area contributed by atoms with Crippen molar-refractivity contribution in [3.63, 3.8) is 0 Å². The van der Waals surface area contributed by atoms with E-state index < -0.39 is 0 Å². The number of piperidine rings is 1. The van der Waals surface area contributed by atoms with Crippen molar-refractivity contribution in [3.8, 4) is 0 Å².